The third-order valence-electron chi connectivity index (χ3n) is 4.64. The number of aliphatic hydroxyl groups excluding tert-OH is 2. The van der Waals surface area contributed by atoms with Crippen LogP contribution in [-0.2, 0) is 4.74 Å². The van der Waals surface area contributed by atoms with Gasteiger partial charge >= 0.3 is 0 Å². The first-order valence-corrected chi connectivity index (χ1v) is 5.98. The van der Waals surface area contributed by atoms with E-state index in [1.807, 2.05) is 0 Å². The van der Waals surface area contributed by atoms with E-state index in [2.05, 4.69) is 6.92 Å². The molecule has 0 saturated heterocycles. The average molecular weight is 214 g/mol. The maximum Gasteiger partial charge on any atom is 0.0857 e. The summed E-state index contributed by atoms with van der Waals surface area (Å²) in [6, 6.07) is 0. The summed E-state index contributed by atoms with van der Waals surface area (Å²) in [7, 11) is 1.62. The molecule has 0 heterocycles. The predicted molar refractivity (Wildman–Crippen MR) is 57.5 cm³/mol. The second kappa shape index (κ2) is 4.04. The molecular formula is C12H22O3. The fourth-order valence-electron chi connectivity index (χ4n) is 3.48. The third kappa shape index (κ3) is 1.71. The van der Waals surface area contributed by atoms with E-state index in [0.29, 0.717) is 6.42 Å². The lowest BCUT2D eigenvalue weighted by molar-refractivity contribution is -0.176. The molecule has 3 heteroatoms. The molecule has 5 atom stereocenters. The number of hydrogen-bond donors (Lipinski definition) is 2. The van der Waals surface area contributed by atoms with Crippen molar-refractivity contribution in [3.63, 3.8) is 0 Å². The van der Waals surface area contributed by atoms with Crippen molar-refractivity contribution in [2.24, 2.45) is 11.3 Å². The Hall–Kier alpha value is -0.120. The van der Waals surface area contributed by atoms with Gasteiger partial charge in [-0.2, -0.15) is 0 Å². The molecule has 2 rings (SSSR count). The van der Waals surface area contributed by atoms with Crippen molar-refractivity contribution >= 4 is 0 Å². The molecule has 15 heavy (non-hydrogen) atoms. The molecule has 0 aromatic heterocycles. The van der Waals surface area contributed by atoms with E-state index in [1.54, 1.807) is 7.11 Å². The SMILES string of the molecule is CO[C@@H]1C[C@H](O)[C@@]2(C)CCCC[C@@H]2[C@@H]1O. The summed E-state index contributed by atoms with van der Waals surface area (Å²) in [5, 5.41) is 20.4. The lowest BCUT2D eigenvalue weighted by Gasteiger charge is -2.52. The van der Waals surface area contributed by atoms with Crippen LogP contribution in [0.4, 0.5) is 0 Å². The highest BCUT2D eigenvalue weighted by atomic mass is 16.5. The fourth-order valence-corrected chi connectivity index (χ4v) is 3.48. The van der Waals surface area contributed by atoms with Crippen molar-refractivity contribution in [1.82, 2.24) is 0 Å². The van der Waals surface area contributed by atoms with Crippen molar-refractivity contribution in [2.45, 2.75) is 57.3 Å². The van der Waals surface area contributed by atoms with E-state index in [4.69, 9.17) is 4.74 Å². The maximum atomic E-state index is 10.2. The summed E-state index contributed by atoms with van der Waals surface area (Å²) >= 11 is 0. The van der Waals surface area contributed by atoms with Gasteiger partial charge in [0, 0.05) is 13.5 Å². The number of rotatable bonds is 1. The second-order valence-corrected chi connectivity index (χ2v) is 5.37. The molecule has 0 aromatic rings. The molecular weight excluding hydrogens is 192 g/mol. The van der Waals surface area contributed by atoms with Crippen molar-refractivity contribution in [2.75, 3.05) is 7.11 Å². The molecule has 0 aliphatic heterocycles. The van der Waals surface area contributed by atoms with Crippen LogP contribution < -0.4 is 0 Å². The van der Waals surface area contributed by atoms with E-state index >= 15 is 0 Å². The molecule has 2 aliphatic carbocycles. The lowest BCUT2D eigenvalue weighted by atomic mass is 9.57. The smallest absolute Gasteiger partial charge is 0.0857 e. The van der Waals surface area contributed by atoms with Gasteiger partial charge in [-0.15, -0.1) is 0 Å². The van der Waals surface area contributed by atoms with E-state index < -0.39 is 6.10 Å². The Morgan fingerprint density at radius 1 is 1.27 bits per heavy atom. The molecule has 2 N–H and O–H groups in total. The van der Waals surface area contributed by atoms with Gasteiger partial charge in [-0.05, 0) is 24.2 Å². The van der Waals surface area contributed by atoms with Gasteiger partial charge in [0.25, 0.3) is 0 Å². The zero-order chi connectivity index (χ0) is 11.1. The zero-order valence-electron chi connectivity index (χ0n) is 9.65. The van der Waals surface area contributed by atoms with Crippen LogP contribution in [0, 0.1) is 11.3 Å². The van der Waals surface area contributed by atoms with Crippen molar-refractivity contribution in [1.29, 1.82) is 0 Å². The van der Waals surface area contributed by atoms with Gasteiger partial charge in [-0.3, -0.25) is 0 Å². The van der Waals surface area contributed by atoms with Crippen LogP contribution in [0.5, 0.6) is 0 Å². The number of aliphatic hydroxyl groups is 2. The summed E-state index contributed by atoms with van der Waals surface area (Å²) in [6.07, 6.45) is 4.07. The summed E-state index contributed by atoms with van der Waals surface area (Å²) < 4.78 is 5.26. The first kappa shape index (κ1) is 11.4. The van der Waals surface area contributed by atoms with Crippen molar-refractivity contribution in [3.8, 4) is 0 Å². The molecule has 0 aromatic carbocycles. The second-order valence-electron chi connectivity index (χ2n) is 5.37. The molecule has 0 unspecified atom stereocenters. The topological polar surface area (TPSA) is 49.7 Å². The third-order valence-corrected chi connectivity index (χ3v) is 4.64. The van der Waals surface area contributed by atoms with Crippen molar-refractivity contribution < 1.29 is 14.9 Å². The summed E-state index contributed by atoms with van der Waals surface area (Å²) in [5.74, 6) is 0.208. The Bertz CT molecular complexity index is 231. The van der Waals surface area contributed by atoms with Gasteiger partial charge in [0.1, 0.15) is 0 Å². The van der Waals surface area contributed by atoms with E-state index in [0.717, 1.165) is 12.8 Å². The summed E-state index contributed by atoms with van der Waals surface area (Å²) in [6.45, 7) is 2.12. The van der Waals surface area contributed by atoms with E-state index in [1.165, 1.54) is 12.8 Å². The molecule has 3 nitrogen and oxygen atoms in total. The molecule has 2 aliphatic rings. The van der Waals surface area contributed by atoms with Crippen molar-refractivity contribution in [3.05, 3.63) is 0 Å². The summed E-state index contributed by atoms with van der Waals surface area (Å²) in [5.41, 5.74) is -0.0906. The van der Waals surface area contributed by atoms with Gasteiger partial charge in [-0.1, -0.05) is 19.8 Å². The Balaban J connectivity index is 2.21. The monoisotopic (exact) mass is 214 g/mol. The fraction of sp³-hybridized carbons (Fsp3) is 1.00. The highest BCUT2D eigenvalue weighted by molar-refractivity contribution is 5.02. The first-order valence-electron chi connectivity index (χ1n) is 5.98. The van der Waals surface area contributed by atoms with Crippen LogP contribution >= 0.6 is 0 Å². The molecule has 0 spiro atoms. The molecule has 88 valence electrons. The normalized spacial score (nSPS) is 51.2. The Morgan fingerprint density at radius 3 is 2.67 bits per heavy atom. The van der Waals surface area contributed by atoms with Gasteiger partial charge in [-0.25, -0.2) is 0 Å². The molecule has 2 saturated carbocycles. The van der Waals surface area contributed by atoms with E-state index in [-0.39, 0.29) is 23.5 Å². The van der Waals surface area contributed by atoms with Gasteiger partial charge in [0.2, 0.25) is 0 Å². The van der Waals surface area contributed by atoms with Crippen LogP contribution in [0.3, 0.4) is 0 Å². The minimum Gasteiger partial charge on any atom is -0.392 e. The van der Waals surface area contributed by atoms with Crippen LogP contribution in [0.1, 0.15) is 39.0 Å². The van der Waals surface area contributed by atoms with Gasteiger partial charge in [0.05, 0.1) is 18.3 Å². The minimum absolute atomic E-state index is 0.0906. The quantitative estimate of drug-likeness (QED) is 0.692. The highest BCUT2D eigenvalue weighted by Crippen LogP contribution is 2.50. The Kier molecular flexibility index (Phi) is 3.06. The van der Waals surface area contributed by atoms with Crippen LogP contribution in [0.15, 0.2) is 0 Å². The molecule has 0 radical (unpaired) electrons. The van der Waals surface area contributed by atoms with Gasteiger partial charge in [0.15, 0.2) is 0 Å². The largest absolute Gasteiger partial charge is 0.392 e. The number of hydrogen-bond acceptors (Lipinski definition) is 3. The lowest BCUT2D eigenvalue weighted by Crippen LogP contribution is -2.56. The van der Waals surface area contributed by atoms with Crippen LogP contribution in [0.2, 0.25) is 0 Å². The van der Waals surface area contributed by atoms with Crippen LogP contribution in [-0.4, -0.2) is 35.6 Å². The first-order chi connectivity index (χ1) is 7.09. The van der Waals surface area contributed by atoms with Gasteiger partial charge < -0.3 is 14.9 Å². The number of fused-ring (bicyclic) bond motifs is 1. The number of ether oxygens (including phenoxy) is 1. The molecule has 0 bridgehead atoms. The minimum atomic E-state index is -0.399. The standard InChI is InChI=1S/C12H22O3/c1-12-6-4-3-5-8(12)11(14)9(15-2)7-10(12)13/h8-11,13-14H,3-7H2,1-2H3/t8-,9-,10+,11+,12+/m1/s1. The maximum absolute atomic E-state index is 10.2. The average Bonchev–Trinajstić information content (AvgIpc) is 2.24. The molecule has 2 fully saturated rings. The van der Waals surface area contributed by atoms with Crippen LogP contribution in [0.25, 0.3) is 0 Å². The zero-order valence-corrected chi connectivity index (χ0v) is 9.65. The predicted octanol–water partition coefficient (Wildman–Crippen LogP) is 1.32. The van der Waals surface area contributed by atoms with E-state index in [9.17, 15) is 10.2 Å². The molecule has 0 amide bonds. The Morgan fingerprint density at radius 2 is 2.00 bits per heavy atom. The summed E-state index contributed by atoms with van der Waals surface area (Å²) in [4.78, 5) is 0. The Labute approximate surface area is 91.4 Å². The number of methoxy groups -OCH3 is 1. The highest BCUT2D eigenvalue weighted by Gasteiger charge is 2.52.